The van der Waals surface area contributed by atoms with E-state index < -0.39 is 0 Å². The quantitative estimate of drug-likeness (QED) is 0.596. The molecule has 14 heavy (non-hydrogen) atoms. The average Bonchev–Trinajstić information content (AvgIpc) is 2.16. The maximum atomic E-state index is 11.8. The molecule has 0 saturated carbocycles. The van der Waals surface area contributed by atoms with Crippen LogP contribution in [0, 0.1) is 6.92 Å². The molecular weight excluding hydrogens is 240 g/mol. The molecule has 1 atom stereocenters. The molecule has 76 valence electrons. The summed E-state index contributed by atoms with van der Waals surface area (Å²) in [6.45, 7) is 6.00. The van der Waals surface area contributed by atoms with Gasteiger partial charge in [0.15, 0.2) is 5.78 Å². The van der Waals surface area contributed by atoms with Crippen LogP contribution >= 0.6 is 15.9 Å². The Morgan fingerprint density at radius 3 is 2.64 bits per heavy atom. The molecule has 1 unspecified atom stereocenters. The molecule has 0 radical (unpaired) electrons. The maximum Gasteiger partial charge on any atom is 0.176 e. The van der Waals surface area contributed by atoms with Gasteiger partial charge in [0, 0.05) is 5.56 Å². The summed E-state index contributed by atoms with van der Waals surface area (Å²) >= 11 is 3.31. The van der Waals surface area contributed by atoms with Crippen LogP contribution in [-0.4, -0.2) is 10.6 Å². The zero-order valence-corrected chi connectivity index (χ0v) is 10.4. The van der Waals surface area contributed by atoms with Crippen LogP contribution in [0.4, 0.5) is 0 Å². The lowest BCUT2D eigenvalue weighted by Crippen LogP contribution is -2.13. The number of Topliss-reactive ketones (excluding diaryl/α,β-unsaturated/α-hetero) is 1. The highest BCUT2D eigenvalue weighted by Gasteiger charge is 2.15. The fourth-order valence-corrected chi connectivity index (χ4v) is 1.86. The van der Waals surface area contributed by atoms with Crippen LogP contribution in [0.15, 0.2) is 18.2 Å². The van der Waals surface area contributed by atoms with Crippen LogP contribution in [0.25, 0.3) is 0 Å². The summed E-state index contributed by atoms with van der Waals surface area (Å²) in [4.78, 5) is 11.7. The van der Waals surface area contributed by atoms with E-state index in [2.05, 4.69) is 35.8 Å². The van der Waals surface area contributed by atoms with Crippen molar-refractivity contribution in [3.8, 4) is 0 Å². The number of carbonyl (C=O) groups excluding carboxylic acids is 1. The van der Waals surface area contributed by atoms with Gasteiger partial charge in [-0.05, 0) is 31.4 Å². The second-order valence-electron chi connectivity index (χ2n) is 3.43. The molecule has 1 rings (SSSR count). The Morgan fingerprint density at radius 2 is 2.14 bits per heavy atom. The Balaban J connectivity index is 3.20. The van der Waals surface area contributed by atoms with Crippen LogP contribution < -0.4 is 0 Å². The summed E-state index contributed by atoms with van der Waals surface area (Å²) < 4.78 is 0. The van der Waals surface area contributed by atoms with Crippen LogP contribution in [-0.2, 0) is 6.42 Å². The van der Waals surface area contributed by atoms with E-state index in [4.69, 9.17) is 0 Å². The predicted octanol–water partition coefficient (Wildman–Crippen LogP) is 3.52. The molecule has 0 saturated heterocycles. The van der Waals surface area contributed by atoms with Gasteiger partial charge in [-0.2, -0.15) is 0 Å². The van der Waals surface area contributed by atoms with Crippen LogP contribution in [0.2, 0.25) is 0 Å². The predicted molar refractivity (Wildman–Crippen MR) is 63.3 cm³/mol. The first-order chi connectivity index (χ1) is 6.57. The smallest absolute Gasteiger partial charge is 0.176 e. The first-order valence-corrected chi connectivity index (χ1v) is 5.76. The summed E-state index contributed by atoms with van der Waals surface area (Å²) in [5.74, 6) is 0.172. The highest BCUT2D eigenvalue weighted by molar-refractivity contribution is 9.10. The fraction of sp³-hybridized carbons (Fsp3) is 0.417. The van der Waals surface area contributed by atoms with Crippen LogP contribution in [0.1, 0.15) is 35.3 Å². The van der Waals surface area contributed by atoms with Crippen molar-refractivity contribution in [1.29, 1.82) is 0 Å². The third kappa shape index (κ3) is 2.24. The van der Waals surface area contributed by atoms with E-state index in [9.17, 15) is 4.79 Å². The van der Waals surface area contributed by atoms with Crippen molar-refractivity contribution in [1.82, 2.24) is 0 Å². The van der Waals surface area contributed by atoms with Gasteiger partial charge in [0.25, 0.3) is 0 Å². The molecule has 0 spiro atoms. The molecular formula is C12H15BrO. The SMILES string of the molecule is CCc1c(C)cccc1C(=O)C(C)Br. The number of benzene rings is 1. The second kappa shape index (κ2) is 4.74. The first kappa shape index (κ1) is 11.4. The molecule has 0 heterocycles. The normalized spacial score (nSPS) is 12.6. The third-order valence-corrected chi connectivity index (χ3v) is 2.81. The van der Waals surface area contributed by atoms with Crippen molar-refractivity contribution in [2.75, 3.05) is 0 Å². The van der Waals surface area contributed by atoms with Gasteiger partial charge in [0.1, 0.15) is 0 Å². The van der Waals surface area contributed by atoms with Gasteiger partial charge in [0.05, 0.1) is 4.83 Å². The number of halogens is 1. The van der Waals surface area contributed by atoms with Crippen molar-refractivity contribution < 1.29 is 4.79 Å². The molecule has 0 aliphatic rings. The summed E-state index contributed by atoms with van der Waals surface area (Å²) in [6.07, 6.45) is 0.910. The van der Waals surface area contributed by atoms with Crippen molar-refractivity contribution in [2.24, 2.45) is 0 Å². The first-order valence-electron chi connectivity index (χ1n) is 4.84. The maximum absolute atomic E-state index is 11.8. The largest absolute Gasteiger partial charge is 0.293 e. The van der Waals surface area contributed by atoms with Crippen molar-refractivity contribution >= 4 is 21.7 Å². The van der Waals surface area contributed by atoms with Crippen molar-refractivity contribution in [3.05, 3.63) is 34.9 Å². The molecule has 0 N–H and O–H groups in total. The summed E-state index contributed by atoms with van der Waals surface area (Å²) in [6, 6.07) is 5.90. The van der Waals surface area contributed by atoms with E-state index in [-0.39, 0.29) is 10.6 Å². The van der Waals surface area contributed by atoms with Gasteiger partial charge >= 0.3 is 0 Å². The zero-order chi connectivity index (χ0) is 10.7. The van der Waals surface area contributed by atoms with Crippen molar-refractivity contribution in [3.63, 3.8) is 0 Å². The second-order valence-corrected chi connectivity index (χ2v) is 4.81. The molecule has 2 heteroatoms. The standard InChI is InChI=1S/C12H15BrO/c1-4-10-8(2)6-5-7-11(10)12(14)9(3)13/h5-7,9H,4H2,1-3H3. The molecule has 1 aromatic carbocycles. The Labute approximate surface area is 93.7 Å². The minimum Gasteiger partial charge on any atom is -0.293 e. The number of hydrogen-bond acceptors (Lipinski definition) is 1. The molecule has 0 aliphatic carbocycles. The Bertz CT molecular complexity index is 342. The molecule has 1 aromatic rings. The summed E-state index contributed by atoms with van der Waals surface area (Å²) in [7, 11) is 0. The topological polar surface area (TPSA) is 17.1 Å². The van der Waals surface area contributed by atoms with Gasteiger partial charge in [-0.25, -0.2) is 0 Å². The summed E-state index contributed by atoms with van der Waals surface area (Å²) in [5.41, 5.74) is 3.23. The van der Waals surface area contributed by atoms with E-state index in [0.29, 0.717) is 0 Å². The fourth-order valence-electron chi connectivity index (χ4n) is 1.62. The number of carbonyl (C=O) groups is 1. The number of aryl methyl sites for hydroxylation is 1. The molecule has 0 aromatic heterocycles. The lowest BCUT2D eigenvalue weighted by molar-refractivity contribution is 0.0995. The molecule has 0 amide bonds. The average molecular weight is 255 g/mol. The van der Waals surface area contributed by atoms with Crippen LogP contribution in [0.5, 0.6) is 0 Å². The van der Waals surface area contributed by atoms with Gasteiger partial charge in [-0.3, -0.25) is 4.79 Å². The zero-order valence-electron chi connectivity index (χ0n) is 8.80. The minimum atomic E-state index is -0.102. The van der Waals surface area contributed by atoms with E-state index in [1.807, 2.05) is 19.1 Å². The van der Waals surface area contributed by atoms with Gasteiger partial charge in [0.2, 0.25) is 0 Å². The van der Waals surface area contributed by atoms with E-state index in [1.165, 1.54) is 11.1 Å². The van der Waals surface area contributed by atoms with E-state index in [0.717, 1.165) is 12.0 Å². The Morgan fingerprint density at radius 1 is 1.50 bits per heavy atom. The Hall–Kier alpha value is -0.630. The highest BCUT2D eigenvalue weighted by Crippen LogP contribution is 2.18. The molecule has 0 aliphatic heterocycles. The number of ketones is 1. The Kier molecular flexibility index (Phi) is 3.87. The molecule has 0 fully saturated rings. The van der Waals surface area contributed by atoms with Crippen LogP contribution in [0.3, 0.4) is 0 Å². The minimum absolute atomic E-state index is 0.102. The number of rotatable bonds is 3. The highest BCUT2D eigenvalue weighted by atomic mass is 79.9. The molecule has 1 nitrogen and oxygen atoms in total. The van der Waals surface area contributed by atoms with Gasteiger partial charge in [-0.15, -0.1) is 0 Å². The van der Waals surface area contributed by atoms with Crippen molar-refractivity contribution in [2.45, 2.75) is 32.0 Å². The van der Waals surface area contributed by atoms with Gasteiger partial charge in [-0.1, -0.05) is 41.1 Å². The lowest BCUT2D eigenvalue weighted by Gasteiger charge is -2.10. The number of hydrogen-bond donors (Lipinski definition) is 0. The summed E-state index contributed by atoms with van der Waals surface area (Å²) in [5, 5.41) is 0. The van der Waals surface area contributed by atoms with Gasteiger partial charge < -0.3 is 0 Å². The monoisotopic (exact) mass is 254 g/mol. The van der Waals surface area contributed by atoms with E-state index >= 15 is 0 Å². The van der Waals surface area contributed by atoms with E-state index in [1.54, 1.807) is 0 Å². The third-order valence-electron chi connectivity index (χ3n) is 2.39. The number of alkyl halides is 1. The lowest BCUT2D eigenvalue weighted by atomic mass is 9.96. The molecule has 0 bridgehead atoms.